The fourth-order valence-corrected chi connectivity index (χ4v) is 4.25. The number of rotatable bonds is 6. The van der Waals surface area contributed by atoms with Gasteiger partial charge >= 0.3 is 0 Å². The van der Waals surface area contributed by atoms with Crippen molar-refractivity contribution in [1.29, 1.82) is 0 Å². The highest BCUT2D eigenvalue weighted by Crippen LogP contribution is 2.22. The first-order valence-corrected chi connectivity index (χ1v) is 9.75. The van der Waals surface area contributed by atoms with E-state index >= 15 is 0 Å². The van der Waals surface area contributed by atoms with Crippen LogP contribution in [0.15, 0.2) is 59.0 Å². The first-order chi connectivity index (χ1) is 12.9. The van der Waals surface area contributed by atoms with Crippen molar-refractivity contribution in [3.8, 4) is 0 Å². The molecular weight excluding hydrogens is 356 g/mol. The summed E-state index contributed by atoms with van der Waals surface area (Å²) in [6.07, 6.45) is 1.66. The summed E-state index contributed by atoms with van der Waals surface area (Å²) in [6, 6.07) is 11.3. The van der Waals surface area contributed by atoms with Crippen LogP contribution in [-0.4, -0.2) is 21.1 Å². The van der Waals surface area contributed by atoms with Crippen molar-refractivity contribution in [3.63, 3.8) is 0 Å². The number of para-hydroxylation sites is 1. The van der Waals surface area contributed by atoms with E-state index in [4.69, 9.17) is 0 Å². The topological polar surface area (TPSA) is 52.0 Å². The fraction of sp³-hybridized carbons (Fsp3) is 0.227. The van der Waals surface area contributed by atoms with Gasteiger partial charge in [0, 0.05) is 12.1 Å². The standard InChI is InChI=1S/C22H22N2O2S/c1-5-10-24-21(26)17-8-6-7-9-18(17)23-22(24)27-13-19(25)20-15(3)11-14(2)12-16(20)4/h5-9,11-12H,1,10,13H2,2-4H3. The van der Waals surface area contributed by atoms with E-state index in [0.29, 0.717) is 22.6 Å². The van der Waals surface area contributed by atoms with E-state index in [-0.39, 0.29) is 17.1 Å². The molecule has 0 unspecified atom stereocenters. The highest BCUT2D eigenvalue weighted by atomic mass is 32.2. The summed E-state index contributed by atoms with van der Waals surface area (Å²) in [5.41, 5.74) is 4.39. The number of thioether (sulfide) groups is 1. The maximum absolute atomic E-state index is 12.8. The smallest absolute Gasteiger partial charge is 0.262 e. The third-order valence-electron chi connectivity index (χ3n) is 4.43. The minimum absolute atomic E-state index is 0.0440. The van der Waals surface area contributed by atoms with Crippen LogP contribution in [0.2, 0.25) is 0 Å². The van der Waals surface area contributed by atoms with E-state index in [1.54, 1.807) is 16.7 Å². The number of allylic oxidation sites excluding steroid dienone is 1. The molecule has 0 fully saturated rings. The molecule has 0 N–H and O–H groups in total. The molecule has 0 aliphatic carbocycles. The Hall–Kier alpha value is -2.66. The molecule has 1 heterocycles. The normalized spacial score (nSPS) is 10.9. The zero-order valence-corrected chi connectivity index (χ0v) is 16.6. The second kappa shape index (κ2) is 7.92. The average molecular weight is 378 g/mol. The number of fused-ring (bicyclic) bond motifs is 1. The van der Waals surface area contributed by atoms with Gasteiger partial charge in [0.1, 0.15) is 0 Å². The van der Waals surface area contributed by atoms with Crippen LogP contribution in [0.25, 0.3) is 10.9 Å². The maximum atomic E-state index is 12.8. The Morgan fingerprint density at radius 1 is 1.19 bits per heavy atom. The molecule has 5 heteroatoms. The van der Waals surface area contributed by atoms with Gasteiger partial charge in [-0.25, -0.2) is 4.98 Å². The van der Waals surface area contributed by atoms with Crippen LogP contribution in [0.1, 0.15) is 27.0 Å². The highest BCUT2D eigenvalue weighted by Gasteiger charge is 2.16. The van der Waals surface area contributed by atoms with Gasteiger partial charge in [0.25, 0.3) is 5.56 Å². The summed E-state index contributed by atoms with van der Waals surface area (Å²) in [6.45, 7) is 10.0. The number of aryl methyl sites for hydroxylation is 3. The van der Waals surface area contributed by atoms with Gasteiger partial charge in [-0.15, -0.1) is 6.58 Å². The van der Waals surface area contributed by atoms with Crippen molar-refractivity contribution in [2.45, 2.75) is 32.5 Å². The minimum atomic E-state index is -0.113. The van der Waals surface area contributed by atoms with Gasteiger partial charge in [-0.1, -0.05) is 47.7 Å². The monoisotopic (exact) mass is 378 g/mol. The summed E-state index contributed by atoms with van der Waals surface area (Å²) in [7, 11) is 0. The summed E-state index contributed by atoms with van der Waals surface area (Å²) in [5, 5.41) is 1.11. The fourth-order valence-electron chi connectivity index (χ4n) is 3.37. The lowest BCUT2D eigenvalue weighted by Crippen LogP contribution is -2.23. The summed E-state index contributed by atoms with van der Waals surface area (Å²) < 4.78 is 1.57. The Bertz CT molecular complexity index is 1080. The summed E-state index contributed by atoms with van der Waals surface area (Å²) in [4.78, 5) is 30.2. The lowest BCUT2D eigenvalue weighted by molar-refractivity contribution is 0.102. The van der Waals surface area contributed by atoms with Crippen LogP contribution in [0, 0.1) is 20.8 Å². The SMILES string of the molecule is C=CCn1c(SCC(=O)c2c(C)cc(C)cc2C)nc2ccccc2c1=O. The number of ketones is 1. The van der Waals surface area contributed by atoms with Crippen molar-refractivity contribution in [1.82, 2.24) is 9.55 Å². The van der Waals surface area contributed by atoms with Crippen molar-refractivity contribution < 1.29 is 4.79 Å². The average Bonchev–Trinajstić information content (AvgIpc) is 2.62. The largest absolute Gasteiger partial charge is 0.293 e. The van der Waals surface area contributed by atoms with Crippen molar-refractivity contribution >= 4 is 28.4 Å². The molecular formula is C22H22N2O2S. The minimum Gasteiger partial charge on any atom is -0.293 e. The summed E-state index contributed by atoms with van der Waals surface area (Å²) in [5.74, 6) is 0.273. The third kappa shape index (κ3) is 3.88. The van der Waals surface area contributed by atoms with Crippen LogP contribution >= 0.6 is 11.8 Å². The molecule has 2 aromatic carbocycles. The first kappa shape index (κ1) is 19.1. The van der Waals surface area contributed by atoms with Crippen molar-refractivity contribution in [3.05, 3.63) is 81.7 Å². The van der Waals surface area contributed by atoms with Crippen LogP contribution in [0.5, 0.6) is 0 Å². The van der Waals surface area contributed by atoms with Gasteiger partial charge < -0.3 is 0 Å². The number of carbonyl (C=O) groups excluding carboxylic acids is 1. The molecule has 1 aromatic heterocycles. The van der Waals surface area contributed by atoms with E-state index in [9.17, 15) is 9.59 Å². The second-order valence-electron chi connectivity index (χ2n) is 6.60. The molecule has 0 aliphatic rings. The summed E-state index contributed by atoms with van der Waals surface area (Å²) >= 11 is 1.30. The maximum Gasteiger partial charge on any atom is 0.262 e. The van der Waals surface area contributed by atoms with Gasteiger partial charge in [-0.2, -0.15) is 0 Å². The van der Waals surface area contributed by atoms with Gasteiger partial charge in [0.2, 0.25) is 0 Å². The van der Waals surface area contributed by atoms with E-state index in [1.807, 2.05) is 51.1 Å². The molecule has 0 spiro atoms. The van der Waals surface area contributed by atoms with Gasteiger partial charge in [-0.3, -0.25) is 14.2 Å². The molecule has 0 saturated heterocycles. The number of aromatic nitrogens is 2. The molecule has 0 amide bonds. The molecule has 138 valence electrons. The molecule has 0 saturated carbocycles. The van der Waals surface area contributed by atoms with Crippen LogP contribution in [0.4, 0.5) is 0 Å². The Morgan fingerprint density at radius 3 is 2.52 bits per heavy atom. The zero-order valence-electron chi connectivity index (χ0n) is 15.8. The number of carbonyl (C=O) groups is 1. The zero-order chi connectivity index (χ0) is 19.6. The Balaban J connectivity index is 1.95. The van der Waals surface area contributed by atoms with Crippen LogP contribution < -0.4 is 5.56 Å². The number of hydrogen-bond acceptors (Lipinski definition) is 4. The number of Topliss-reactive ketones (excluding diaryl/α,β-unsaturated/α-hetero) is 1. The van der Waals surface area contributed by atoms with Crippen molar-refractivity contribution in [2.24, 2.45) is 0 Å². The Labute approximate surface area is 162 Å². The predicted molar refractivity (Wildman–Crippen MR) is 112 cm³/mol. The van der Waals surface area contributed by atoms with Gasteiger partial charge in [-0.05, 0) is 44.0 Å². The molecule has 0 bridgehead atoms. The van der Waals surface area contributed by atoms with Crippen LogP contribution in [-0.2, 0) is 6.54 Å². The predicted octanol–water partition coefficient (Wildman–Crippen LogP) is 4.48. The number of hydrogen-bond donors (Lipinski definition) is 0. The second-order valence-corrected chi connectivity index (χ2v) is 7.54. The van der Waals surface area contributed by atoms with E-state index in [2.05, 4.69) is 11.6 Å². The number of nitrogens with zero attached hydrogens (tertiary/aromatic N) is 2. The van der Waals surface area contributed by atoms with E-state index in [0.717, 1.165) is 22.3 Å². The number of benzene rings is 2. The molecule has 3 aromatic rings. The Morgan fingerprint density at radius 2 is 1.85 bits per heavy atom. The van der Waals surface area contributed by atoms with E-state index in [1.165, 1.54) is 11.8 Å². The van der Waals surface area contributed by atoms with Gasteiger partial charge in [0.05, 0.1) is 16.7 Å². The molecule has 4 nitrogen and oxygen atoms in total. The quantitative estimate of drug-likeness (QED) is 0.275. The lowest BCUT2D eigenvalue weighted by atomic mass is 9.97. The molecule has 0 aliphatic heterocycles. The molecule has 0 atom stereocenters. The van der Waals surface area contributed by atoms with Crippen LogP contribution in [0.3, 0.4) is 0 Å². The van der Waals surface area contributed by atoms with E-state index < -0.39 is 0 Å². The highest BCUT2D eigenvalue weighted by molar-refractivity contribution is 7.99. The molecule has 3 rings (SSSR count). The Kier molecular flexibility index (Phi) is 5.61. The third-order valence-corrected chi connectivity index (χ3v) is 5.40. The van der Waals surface area contributed by atoms with Gasteiger partial charge in [0.15, 0.2) is 10.9 Å². The molecule has 0 radical (unpaired) electrons. The lowest BCUT2D eigenvalue weighted by Gasteiger charge is -2.13. The first-order valence-electron chi connectivity index (χ1n) is 8.76. The van der Waals surface area contributed by atoms with Crippen molar-refractivity contribution in [2.75, 3.05) is 5.75 Å². The molecule has 27 heavy (non-hydrogen) atoms.